The molecule has 0 amide bonds. The molecule has 2 nitrogen and oxygen atoms in total. The highest BCUT2D eigenvalue weighted by atomic mass is 35.5. The van der Waals surface area contributed by atoms with Gasteiger partial charge in [-0.1, -0.05) is 11.6 Å². The first-order valence-corrected chi connectivity index (χ1v) is 3.76. The van der Waals surface area contributed by atoms with Crippen molar-refractivity contribution in [2.45, 2.75) is 18.5 Å². The summed E-state index contributed by atoms with van der Waals surface area (Å²) in [5.74, 6) is 0.227. The van der Waals surface area contributed by atoms with Crippen LogP contribution in [0.5, 0.6) is 0 Å². The molecule has 58 valence electrons. The van der Waals surface area contributed by atoms with E-state index < -0.39 is 5.67 Å². The van der Waals surface area contributed by atoms with E-state index in [4.69, 9.17) is 11.6 Å². The summed E-state index contributed by atoms with van der Waals surface area (Å²) >= 11 is 5.56. The van der Waals surface area contributed by atoms with E-state index in [1.165, 1.54) is 12.3 Å². The number of rotatable bonds is 1. The number of halogens is 2. The SMILES string of the molecule is FC1(c2nccc(Cl)n2)CC1. The Kier molecular flexibility index (Phi) is 1.36. The molecule has 11 heavy (non-hydrogen) atoms. The van der Waals surface area contributed by atoms with Crippen molar-refractivity contribution in [3.05, 3.63) is 23.2 Å². The predicted molar refractivity (Wildman–Crippen MR) is 39.1 cm³/mol. The maximum atomic E-state index is 13.2. The van der Waals surface area contributed by atoms with Crippen LogP contribution in [0.15, 0.2) is 12.3 Å². The fraction of sp³-hybridized carbons (Fsp3) is 0.429. The first-order valence-electron chi connectivity index (χ1n) is 3.39. The van der Waals surface area contributed by atoms with Gasteiger partial charge < -0.3 is 0 Å². The van der Waals surface area contributed by atoms with Crippen molar-refractivity contribution in [3.63, 3.8) is 0 Å². The molecule has 0 saturated heterocycles. The highest BCUT2D eigenvalue weighted by Gasteiger charge is 2.47. The van der Waals surface area contributed by atoms with Gasteiger partial charge in [-0.15, -0.1) is 0 Å². The lowest BCUT2D eigenvalue weighted by molar-refractivity contribution is 0.300. The smallest absolute Gasteiger partial charge is 0.170 e. The van der Waals surface area contributed by atoms with Gasteiger partial charge in [-0.05, 0) is 18.9 Å². The average Bonchev–Trinajstić information content (AvgIpc) is 2.70. The molecule has 0 radical (unpaired) electrons. The summed E-state index contributed by atoms with van der Waals surface area (Å²) in [6, 6.07) is 1.54. The van der Waals surface area contributed by atoms with E-state index in [0.717, 1.165) is 0 Å². The van der Waals surface area contributed by atoms with Crippen LogP contribution in [0.2, 0.25) is 5.15 Å². The Morgan fingerprint density at radius 3 is 2.82 bits per heavy atom. The Bertz CT molecular complexity index is 286. The maximum Gasteiger partial charge on any atom is 0.170 e. The zero-order valence-electron chi connectivity index (χ0n) is 5.72. The molecule has 2 rings (SSSR count). The second-order valence-electron chi connectivity index (χ2n) is 2.67. The summed E-state index contributed by atoms with van der Waals surface area (Å²) < 4.78 is 13.2. The quantitative estimate of drug-likeness (QED) is 0.607. The Morgan fingerprint density at radius 2 is 2.27 bits per heavy atom. The molecule has 0 atom stereocenters. The van der Waals surface area contributed by atoms with Crippen LogP contribution < -0.4 is 0 Å². The molecular formula is C7H6ClFN2. The van der Waals surface area contributed by atoms with Gasteiger partial charge in [0.25, 0.3) is 0 Å². The first-order chi connectivity index (χ1) is 5.21. The fourth-order valence-electron chi connectivity index (χ4n) is 0.886. The van der Waals surface area contributed by atoms with Gasteiger partial charge in [0.2, 0.25) is 0 Å². The molecule has 0 N–H and O–H groups in total. The van der Waals surface area contributed by atoms with Gasteiger partial charge in [-0.3, -0.25) is 0 Å². The molecule has 0 aliphatic heterocycles. The number of hydrogen-bond acceptors (Lipinski definition) is 2. The summed E-state index contributed by atoms with van der Waals surface area (Å²) in [6.07, 6.45) is 2.52. The zero-order valence-corrected chi connectivity index (χ0v) is 6.48. The summed E-state index contributed by atoms with van der Waals surface area (Å²) in [4.78, 5) is 7.59. The van der Waals surface area contributed by atoms with E-state index in [1.54, 1.807) is 0 Å². The van der Waals surface area contributed by atoms with Crippen LogP contribution in [0.4, 0.5) is 4.39 Å². The van der Waals surface area contributed by atoms with Crippen molar-refractivity contribution >= 4 is 11.6 Å². The lowest BCUT2D eigenvalue weighted by Crippen LogP contribution is -2.04. The average molecular weight is 173 g/mol. The number of alkyl halides is 1. The summed E-state index contributed by atoms with van der Waals surface area (Å²) in [5.41, 5.74) is -1.27. The van der Waals surface area contributed by atoms with Gasteiger partial charge in [0.15, 0.2) is 11.5 Å². The van der Waals surface area contributed by atoms with Gasteiger partial charge in [0, 0.05) is 6.20 Å². The molecule has 1 aliphatic carbocycles. The molecule has 1 aromatic rings. The van der Waals surface area contributed by atoms with E-state index in [1.807, 2.05) is 0 Å². The van der Waals surface area contributed by atoms with E-state index in [9.17, 15) is 4.39 Å². The van der Waals surface area contributed by atoms with Crippen LogP contribution in [-0.2, 0) is 5.67 Å². The normalized spacial score (nSPS) is 19.8. The first kappa shape index (κ1) is 6.98. The Labute approximate surface area is 68.4 Å². The van der Waals surface area contributed by atoms with Gasteiger partial charge in [-0.25, -0.2) is 14.4 Å². The minimum Gasteiger partial charge on any atom is -0.238 e. The molecule has 1 aliphatic rings. The second kappa shape index (κ2) is 2.14. The van der Waals surface area contributed by atoms with Crippen molar-refractivity contribution < 1.29 is 4.39 Å². The van der Waals surface area contributed by atoms with E-state index in [0.29, 0.717) is 18.0 Å². The Balaban J connectivity index is 2.38. The van der Waals surface area contributed by atoms with Crippen LogP contribution in [-0.4, -0.2) is 9.97 Å². The Hall–Kier alpha value is -0.700. The van der Waals surface area contributed by atoms with Crippen LogP contribution in [0.3, 0.4) is 0 Å². The maximum absolute atomic E-state index is 13.2. The van der Waals surface area contributed by atoms with E-state index >= 15 is 0 Å². The van der Waals surface area contributed by atoms with Gasteiger partial charge in [0.1, 0.15) is 5.15 Å². The fourth-order valence-corrected chi connectivity index (χ4v) is 1.02. The summed E-state index contributed by atoms with van der Waals surface area (Å²) in [5, 5.41) is 0.305. The summed E-state index contributed by atoms with van der Waals surface area (Å²) in [7, 11) is 0. The van der Waals surface area contributed by atoms with E-state index in [-0.39, 0.29) is 5.82 Å². The minimum absolute atomic E-state index is 0.227. The highest BCUT2D eigenvalue weighted by Crippen LogP contribution is 2.47. The molecular weight excluding hydrogens is 167 g/mol. The van der Waals surface area contributed by atoms with Crippen LogP contribution in [0, 0.1) is 0 Å². The topological polar surface area (TPSA) is 25.8 Å². The van der Waals surface area contributed by atoms with Gasteiger partial charge in [-0.2, -0.15) is 0 Å². The lowest BCUT2D eigenvalue weighted by Gasteiger charge is -2.01. The molecule has 1 aromatic heterocycles. The number of hydrogen-bond donors (Lipinski definition) is 0. The Morgan fingerprint density at radius 1 is 1.55 bits per heavy atom. The lowest BCUT2D eigenvalue weighted by atomic mass is 10.3. The molecule has 1 heterocycles. The molecule has 0 aromatic carbocycles. The number of aromatic nitrogens is 2. The molecule has 0 unspecified atom stereocenters. The van der Waals surface area contributed by atoms with Gasteiger partial charge >= 0.3 is 0 Å². The molecule has 0 bridgehead atoms. The van der Waals surface area contributed by atoms with Crippen molar-refractivity contribution in [2.75, 3.05) is 0 Å². The monoisotopic (exact) mass is 172 g/mol. The van der Waals surface area contributed by atoms with Crippen molar-refractivity contribution in [1.29, 1.82) is 0 Å². The summed E-state index contributed by atoms with van der Waals surface area (Å²) in [6.45, 7) is 0. The molecule has 0 spiro atoms. The third-order valence-electron chi connectivity index (χ3n) is 1.71. The third-order valence-corrected chi connectivity index (χ3v) is 1.92. The third kappa shape index (κ3) is 1.20. The standard InChI is InChI=1S/C7H6ClFN2/c8-5-1-4-10-6(11-5)7(9)2-3-7/h1,4H,2-3H2. The number of nitrogens with zero attached hydrogens (tertiary/aromatic N) is 2. The minimum atomic E-state index is -1.27. The van der Waals surface area contributed by atoms with Gasteiger partial charge in [0.05, 0.1) is 0 Å². The van der Waals surface area contributed by atoms with E-state index in [2.05, 4.69) is 9.97 Å². The van der Waals surface area contributed by atoms with Crippen LogP contribution in [0.1, 0.15) is 18.7 Å². The molecule has 1 saturated carbocycles. The molecule has 1 fully saturated rings. The largest absolute Gasteiger partial charge is 0.238 e. The van der Waals surface area contributed by atoms with Crippen molar-refractivity contribution in [2.24, 2.45) is 0 Å². The predicted octanol–water partition coefficient (Wildman–Crippen LogP) is 2.09. The van der Waals surface area contributed by atoms with Crippen LogP contribution in [0.25, 0.3) is 0 Å². The van der Waals surface area contributed by atoms with Crippen LogP contribution >= 0.6 is 11.6 Å². The molecule has 4 heteroatoms. The highest BCUT2D eigenvalue weighted by molar-refractivity contribution is 6.29. The second-order valence-corrected chi connectivity index (χ2v) is 3.06. The van der Waals surface area contributed by atoms with Crippen molar-refractivity contribution in [3.8, 4) is 0 Å². The van der Waals surface area contributed by atoms with Crippen molar-refractivity contribution in [1.82, 2.24) is 9.97 Å². The zero-order chi connectivity index (χ0) is 7.90.